The van der Waals surface area contributed by atoms with Crippen molar-refractivity contribution in [3.05, 3.63) is 69.6 Å². The number of tetrazole rings is 1. The zero-order valence-corrected chi connectivity index (χ0v) is 16.8. The summed E-state index contributed by atoms with van der Waals surface area (Å²) in [6, 6.07) is 13.9. The minimum absolute atomic E-state index is 0.196. The monoisotopic (exact) mass is 431 g/mol. The third-order valence-electron chi connectivity index (χ3n) is 3.66. The highest BCUT2D eigenvalue weighted by atomic mass is 35.5. The van der Waals surface area contributed by atoms with E-state index in [-0.39, 0.29) is 5.75 Å². The zero-order valence-electron chi connectivity index (χ0n) is 14.4. The van der Waals surface area contributed by atoms with Crippen molar-refractivity contribution in [1.82, 2.24) is 25.2 Å². The standard InChI is InChI=1S/C18H14ClN5O2S2/c19-12-1-7-16(8-2-12)26-9-17-20-13(10-27-17)11-28-18-21-22-23-24(18)14-3-5-15(25)6-4-14/h1-8,10,25H,9,11H2. The van der Waals surface area contributed by atoms with Crippen LogP contribution in [0.15, 0.2) is 59.1 Å². The molecule has 7 nitrogen and oxygen atoms in total. The number of nitrogens with zero attached hydrogens (tertiary/aromatic N) is 5. The van der Waals surface area contributed by atoms with Crippen LogP contribution in [0.4, 0.5) is 0 Å². The molecule has 4 rings (SSSR count). The normalized spacial score (nSPS) is 10.9. The van der Waals surface area contributed by atoms with E-state index in [0.29, 0.717) is 22.5 Å². The fourth-order valence-electron chi connectivity index (χ4n) is 2.32. The maximum absolute atomic E-state index is 9.42. The van der Waals surface area contributed by atoms with Gasteiger partial charge in [0.2, 0.25) is 5.16 Å². The molecule has 10 heteroatoms. The Labute approximate surface area is 174 Å². The van der Waals surface area contributed by atoms with Gasteiger partial charge in [-0.3, -0.25) is 0 Å². The summed E-state index contributed by atoms with van der Waals surface area (Å²) >= 11 is 8.91. The van der Waals surface area contributed by atoms with Gasteiger partial charge < -0.3 is 9.84 Å². The van der Waals surface area contributed by atoms with Crippen molar-refractivity contribution >= 4 is 34.7 Å². The first-order chi connectivity index (χ1) is 13.7. The van der Waals surface area contributed by atoms with E-state index in [9.17, 15) is 5.11 Å². The Morgan fingerprint density at radius 3 is 2.68 bits per heavy atom. The van der Waals surface area contributed by atoms with Crippen molar-refractivity contribution in [2.45, 2.75) is 17.5 Å². The minimum Gasteiger partial charge on any atom is -0.508 e. The summed E-state index contributed by atoms with van der Waals surface area (Å²) < 4.78 is 7.35. The molecule has 0 atom stereocenters. The third-order valence-corrected chi connectivity index (χ3v) is 5.74. The summed E-state index contributed by atoms with van der Waals surface area (Å²) in [5, 5.41) is 25.4. The molecule has 0 unspecified atom stereocenters. The van der Waals surface area contributed by atoms with Crippen LogP contribution < -0.4 is 4.74 Å². The molecular formula is C18H14ClN5O2S2. The number of aromatic hydroxyl groups is 1. The molecule has 28 heavy (non-hydrogen) atoms. The summed E-state index contributed by atoms with van der Waals surface area (Å²) in [5.41, 5.74) is 1.71. The van der Waals surface area contributed by atoms with E-state index in [4.69, 9.17) is 16.3 Å². The lowest BCUT2D eigenvalue weighted by Crippen LogP contribution is -1.99. The lowest BCUT2D eigenvalue weighted by molar-refractivity contribution is 0.305. The number of aromatic nitrogens is 5. The number of phenols is 1. The molecule has 0 fully saturated rings. The molecule has 0 aliphatic heterocycles. The second kappa shape index (κ2) is 8.59. The first-order valence-electron chi connectivity index (χ1n) is 8.19. The van der Waals surface area contributed by atoms with Gasteiger partial charge in [-0.05, 0) is 59.0 Å². The van der Waals surface area contributed by atoms with Gasteiger partial charge in [-0.25, -0.2) is 4.98 Å². The Kier molecular flexibility index (Phi) is 5.75. The van der Waals surface area contributed by atoms with Gasteiger partial charge in [0.05, 0.1) is 11.4 Å². The molecule has 4 aromatic rings. The Balaban J connectivity index is 1.35. The molecular weight excluding hydrogens is 418 g/mol. The number of hydrogen-bond acceptors (Lipinski definition) is 8. The lowest BCUT2D eigenvalue weighted by Gasteiger charge is -2.04. The number of thiazole rings is 1. The molecule has 2 aromatic heterocycles. The summed E-state index contributed by atoms with van der Waals surface area (Å²) in [6.45, 7) is 0.405. The molecule has 0 aliphatic rings. The highest BCUT2D eigenvalue weighted by Gasteiger charge is 2.11. The van der Waals surface area contributed by atoms with Crippen molar-refractivity contribution in [2.24, 2.45) is 0 Å². The van der Waals surface area contributed by atoms with Gasteiger partial charge in [0, 0.05) is 16.2 Å². The van der Waals surface area contributed by atoms with Gasteiger partial charge in [0.1, 0.15) is 23.1 Å². The zero-order chi connectivity index (χ0) is 19.3. The smallest absolute Gasteiger partial charge is 0.214 e. The van der Waals surface area contributed by atoms with Crippen molar-refractivity contribution in [2.75, 3.05) is 0 Å². The number of ether oxygens (including phenoxy) is 1. The van der Waals surface area contributed by atoms with Crippen LogP contribution in [0.25, 0.3) is 5.69 Å². The van der Waals surface area contributed by atoms with Crippen LogP contribution in [-0.4, -0.2) is 30.3 Å². The average Bonchev–Trinajstić information content (AvgIpc) is 3.36. The molecule has 1 N–H and O–H groups in total. The Bertz CT molecular complexity index is 1050. The molecule has 2 heterocycles. The minimum atomic E-state index is 0.196. The van der Waals surface area contributed by atoms with E-state index in [1.165, 1.54) is 11.8 Å². The van der Waals surface area contributed by atoms with E-state index >= 15 is 0 Å². The fourth-order valence-corrected chi connectivity index (χ4v) is 4.04. The van der Waals surface area contributed by atoms with E-state index < -0.39 is 0 Å². The van der Waals surface area contributed by atoms with Crippen LogP contribution in [0.3, 0.4) is 0 Å². The molecule has 0 spiro atoms. The molecule has 0 aliphatic carbocycles. The number of hydrogen-bond donors (Lipinski definition) is 1. The fraction of sp³-hybridized carbons (Fsp3) is 0.111. The Morgan fingerprint density at radius 1 is 1.11 bits per heavy atom. The molecule has 2 aromatic carbocycles. The molecule has 0 radical (unpaired) electrons. The van der Waals surface area contributed by atoms with Crippen LogP contribution in [-0.2, 0) is 12.4 Å². The number of halogens is 1. The van der Waals surface area contributed by atoms with E-state index in [1.807, 2.05) is 17.5 Å². The summed E-state index contributed by atoms with van der Waals surface area (Å²) in [7, 11) is 0. The Hall–Kier alpha value is -2.62. The molecule has 0 bridgehead atoms. The van der Waals surface area contributed by atoms with Crippen LogP contribution in [0.1, 0.15) is 10.7 Å². The molecule has 0 saturated carbocycles. The average molecular weight is 432 g/mol. The lowest BCUT2D eigenvalue weighted by atomic mass is 10.3. The van der Waals surface area contributed by atoms with Gasteiger partial charge in [-0.1, -0.05) is 23.4 Å². The maximum Gasteiger partial charge on any atom is 0.214 e. The predicted octanol–water partition coefficient (Wildman–Crippen LogP) is 4.35. The number of rotatable bonds is 7. The quantitative estimate of drug-likeness (QED) is 0.435. The first-order valence-corrected chi connectivity index (χ1v) is 10.4. The van der Waals surface area contributed by atoms with E-state index in [2.05, 4.69) is 20.5 Å². The topological polar surface area (TPSA) is 86.0 Å². The molecule has 0 amide bonds. The summed E-state index contributed by atoms with van der Waals surface area (Å²) in [4.78, 5) is 4.59. The maximum atomic E-state index is 9.42. The van der Waals surface area contributed by atoms with Gasteiger partial charge in [-0.15, -0.1) is 16.4 Å². The summed E-state index contributed by atoms with van der Waals surface area (Å²) in [6.07, 6.45) is 0. The van der Waals surface area contributed by atoms with Gasteiger partial charge in [0.15, 0.2) is 0 Å². The SMILES string of the molecule is Oc1ccc(-n2nnnc2SCc2csc(COc3ccc(Cl)cc3)n2)cc1. The van der Waals surface area contributed by atoms with Crippen LogP contribution in [0.5, 0.6) is 11.5 Å². The largest absolute Gasteiger partial charge is 0.508 e. The molecule has 0 saturated heterocycles. The van der Waals surface area contributed by atoms with Crippen LogP contribution >= 0.6 is 34.7 Å². The number of thioether (sulfide) groups is 1. The summed E-state index contributed by atoms with van der Waals surface area (Å²) in [5.74, 6) is 1.58. The van der Waals surface area contributed by atoms with Crippen molar-refractivity contribution in [3.63, 3.8) is 0 Å². The second-order valence-electron chi connectivity index (χ2n) is 5.65. The van der Waals surface area contributed by atoms with Crippen molar-refractivity contribution < 1.29 is 9.84 Å². The van der Waals surface area contributed by atoms with Crippen LogP contribution in [0, 0.1) is 0 Å². The second-order valence-corrected chi connectivity index (χ2v) is 7.98. The van der Waals surface area contributed by atoms with Crippen LogP contribution in [0.2, 0.25) is 5.02 Å². The van der Waals surface area contributed by atoms with Gasteiger partial charge in [-0.2, -0.15) is 4.68 Å². The number of phenolic OH excluding ortho intramolecular Hbond substituents is 1. The van der Waals surface area contributed by atoms with E-state index in [1.54, 1.807) is 52.4 Å². The third kappa shape index (κ3) is 4.61. The van der Waals surface area contributed by atoms with Crippen molar-refractivity contribution in [1.29, 1.82) is 0 Å². The predicted molar refractivity (Wildman–Crippen MR) is 108 cm³/mol. The van der Waals surface area contributed by atoms with Gasteiger partial charge >= 0.3 is 0 Å². The first kappa shape index (κ1) is 18.7. The van der Waals surface area contributed by atoms with Gasteiger partial charge in [0.25, 0.3) is 0 Å². The number of benzene rings is 2. The highest BCUT2D eigenvalue weighted by molar-refractivity contribution is 7.98. The molecule has 142 valence electrons. The van der Waals surface area contributed by atoms with Crippen molar-refractivity contribution in [3.8, 4) is 17.2 Å². The van der Waals surface area contributed by atoms with E-state index in [0.717, 1.165) is 22.1 Å². The highest BCUT2D eigenvalue weighted by Crippen LogP contribution is 2.25. The Morgan fingerprint density at radius 2 is 1.89 bits per heavy atom.